The molecule has 0 aliphatic rings. The fraction of sp³-hybridized carbons (Fsp3) is 0.235. The Hall–Kier alpha value is -2.00. The summed E-state index contributed by atoms with van der Waals surface area (Å²) in [6, 6.07) is 13.1. The minimum atomic E-state index is -0.0234. The van der Waals surface area contributed by atoms with E-state index in [-0.39, 0.29) is 11.8 Å². The highest BCUT2D eigenvalue weighted by molar-refractivity contribution is 6.31. The summed E-state index contributed by atoms with van der Waals surface area (Å²) in [5.41, 5.74) is 9.25. The average molecular weight is 303 g/mol. The van der Waals surface area contributed by atoms with E-state index in [1.807, 2.05) is 50.2 Å². The molecule has 0 heterocycles. The highest BCUT2D eigenvalue weighted by Crippen LogP contribution is 2.23. The van der Waals surface area contributed by atoms with Crippen molar-refractivity contribution in [1.29, 1.82) is 0 Å². The van der Waals surface area contributed by atoms with Crippen molar-refractivity contribution in [1.82, 2.24) is 0 Å². The Balaban J connectivity index is 2.01. The number of rotatable bonds is 4. The molecule has 1 amide bonds. The van der Waals surface area contributed by atoms with Crippen LogP contribution < -0.4 is 11.1 Å². The lowest BCUT2D eigenvalue weighted by Gasteiger charge is -2.13. The predicted octanol–water partition coefficient (Wildman–Crippen LogP) is 4.36. The van der Waals surface area contributed by atoms with Crippen molar-refractivity contribution in [3.63, 3.8) is 0 Å². The lowest BCUT2D eigenvalue weighted by Crippen LogP contribution is -2.15. The molecule has 3 N–H and O–H groups in total. The molecule has 0 radical (unpaired) electrons. The number of nitrogens with one attached hydrogen (secondary N) is 1. The Labute approximate surface area is 130 Å². The van der Waals surface area contributed by atoms with E-state index in [1.54, 1.807) is 6.07 Å². The van der Waals surface area contributed by atoms with Gasteiger partial charge in [-0.05, 0) is 48.2 Å². The molecule has 2 aromatic carbocycles. The van der Waals surface area contributed by atoms with Gasteiger partial charge in [-0.1, -0.05) is 36.7 Å². The van der Waals surface area contributed by atoms with Gasteiger partial charge in [0.25, 0.3) is 0 Å². The van der Waals surface area contributed by atoms with Gasteiger partial charge in [-0.3, -0.25) is 4.79 Å². The van der Waals surface area contributed by atoms with E-state index in [1.165, 1.54) is 0 Å². The van der Waals surface area contributed by atoms with Gasteiger partial charge in [0.2, 0.25) is 5.91 Å². The summed E-state index contributed by atoms with van der Waals surface area (Å²) in [7, 11) is 0. The van der Waals surface area contributed by atoms with Gasteiger partial charge in [0, 0.05) is 22.8 Å². The SMILES string of the molecule is Cc1ccc(Cl)cc1NC(=O)CC(C)c1ccc(N)cc1. The van der Waals surface area contributed by atoms with Crippen LogP contribution in [0.25, 0.3) is 0 Å². The van der Waals surface area contributed by atoms with Crippen LogP contribution in [0.5, 0.6) is 0 Å². The first-order valence-corrected chi connectivity index (χ1v) is 7.25. The Bertz CT molecular complexity index is 638. The molecule has 0 aliphatic carbocycles. The largest absolute Gasteiger partial charge is 0.399 e. The zero-order valence-electron chi connectivity index (χ0n) is 12.2. The normalized spacial score (nSPS) is 12.0. The van der Waals surface area contributed by atoms with Crippen molar-refractivity contribution in [2.75, 3.05) is 11.1 Å². The Morgan fingerprint density at radius 3 is 2.57 bits per heavy atom. The zero-order valence-corrected chi connectivity index (χ0v) is 12.9. The van der Waals surface area contributed by atoms with Gasteiger partial charge in [-0.25, -0.2) is 0 Å². The van der Waals surface area contributed by atoms with Crippen molar-refractivity contribution in [3.8, 4) is 0 Å². The van der Waals surface area contributed by atoms with Crippen LogP contribution in [0.4, 0.5) is 11.4 Å². The monoisotopic (exact) mass is 302 g/mol. The van der Waals surface area contributed by atoms with E-state index in [4.69, 9.17) is 17.3 Å². The molecule has 0 bridgehead atoms. The minimum absolute atomic E-state index is 0.0234. The maximum atomic E-state index is 12.1. The molecule has 3 nitrogen and oxygen atoms in total. The standard InChI is InChI=1S/C17H19ClN2O/c1-11-3-6-14(18)10-16(11)20-17(21)9-12(2)13-4-7-15(19)8-5-13/h3-8,10,12H,9,19H2,1-2H3,(H,20,21). The lowest BCUT2D eigenvalue weighted by atomic mass is 9.97. The smallest absolute Gasteiger partial charge is 0.224 e. The molecular formula is C17H19ClN2O. The topological polar surface area (TPSA) is 55.1 Å². The van der Waals surface area contributed by atoms with Crippen molar-refractivity contribution < 1.29 is 4.79 Å². The van der Waals surface area contributed by atoms with Crippen LogP contribution in [0.1, 0.15) is 30.4 Å². The third kappa shape index (κ3) is 4.23. The van der Waals surface area contributed by atoms with Crippen molar-refractivity contribution >= 4 is 28.9 Å². The molecule has 21 heavy (non-hydrogen) atoms. The van der Waals surface area contributed by atoms with Crippen LogP contribution in [-0.2, 0) is 4.79 Å². The summed E-state index contributed by atoms with van der Waals surface area (Å²) >= 11 is 5.95. The molecule has 2 rings (SSSR count). The average Bonchev–Trinajstić information content (AvgIpc) is 2.43. The molecular weight excluding hydrogens is 284 g/mol. The Kier molecular flexibility index (Phi) is 4.86. The fourth-order valence-corrected chi connectivity index (χ4v) is 2.32. The van der Waals surface area contributed by atoms with Crippen molar-refractivity contribution in [3.05, 3.63) is 58.6 Å². The molecule has 0 aliphatic heterocycles. The van der Waals surface area contributed by atoms with Crippen LogP contribution in [-0.4, -0.2) is 5.91 Å². The Morgan fingerprint density at radius 1 is 1.24 bits per heavy atom. The van der Waals surface area contributed by atoms with E-state index in [9.17, 15) is 4.79 Å². The maximum Gasteiger partial charge on any atom is 0.224 e. The number of amides is 1. The summed E-state index contributed by atoms with van der Waals surface area (Å²) < 4.78 is 0. The number of nitrogen functional groups attached to an aromatic ring is 1. The summed E-state index contributed by atoms with van der Waals surface area (Å²) in [4.78, 5) is 12.1. The van der Waals surface area contributed by atoms with E-state index in [0.29, 0.717) is 11.4 Å². The van der Waals surface area contributed by atoms with Crippen molar-refractivity contribution in [2.45, 2.75) is 26.2 Å². The quantitative estimate of drug-likeness (QED) is 0.824. The zero-order chi connectivity index (χ0) is 15.4. The van der Waals surface area contributed by atoms with Crippen molar-refractivity contribution in [2.24, 2.45) is 0 Å². The maximum absolute atomic E-state index is 12.1. The predicted molar refractivity (Wildman–Crippen MR) is 88.7 cm³/mol. The second-order valence-electron chi connectivity index (χ2n) is 5.28. The summed E-state index contributed by atoms with van der Waals surface area (Å²) in [5.74, 6) is 0.106. The first-order valence-electron chi connectivity index (χ1n) is 6.87. The van der Waals surface area contributed by atoms with E-state index >= 15 is 0 Å². The number of halogens is 1. The van der Waals surface area contributed by atoms with Crippen LogP contribution in [0.2, 0.25) is 5.02 Å². The van der Waals surface area contributed by atoms with Crippen LogP contribution >= 0.6 is 11.6 Å². The first kappa shape index (κ1) is 15.4. The third-order valence-corrected chi connectivity index (χ3v) is 3.71. The highest BCUT2D eigenvalue weighted by atomic mass is 35.5. The van der Waals surface area contributed by atoms with Gasteiger partial charge < -0.3 is 11.1 Å². The van der Waals surface area contributed by atoms with Crippen LogP contribution in [0, 0.1) is 6.92 Å². The highest BCUT2D eigenvalue weighted by Gasteiger charge is 2.12. The molecule has 0 saturated heterocycles. The summed E-state index contributed by atoms with van der Waals surface area (Å²) in [6.07, 6.45) is 0.413. The minimum Gasteiger partial charge on any atom is -0.399 e. The summed E-state index contributed by atoms with van der Waals surface area (Å²) in [5, 5.41) is 3.53. The molecule has 0 aromatic heterocycles. The van der Waals surface area contributed by atoms with E-state index < -0.39 is 0 Å². The third-order valence-electron chi connectivity index (χ3n) is 3.47. The number of hydrogen-bond acceptors (Lipinski definition) is 2. The Morgan fingerprint density at radius 2 is 1.90 bits per heavy atom. The van der Waals surface area contributed by atoms with Gasteiger partial charge in [0.1, 0.15) is 0 Å². The number of carbonyl (C=O) groups is 1. The molecule has 2 aromatic rings. The second kappa shape index (κ2) is 6.64. The second-order valence-corrected chi connectivity index (χ2v) is 5.72. The van der Waals surface area contributed by atoms with E-state index in [2.05, 4.69) is 5.32 Å². The molecule has 0 fully saturated rings. The van der Waals surface area contributed by atoms with E-state index in [0.717, 1.165) is 22.5 Å². The molecule has 1 unspecified atom stereocenters. The molecule has 110 valence electrons. The number of hydrogen-bond donors (Lipinski definition) is 2. The number of aryl methyl sites for hydroxylation is 1. The first-order chi connectivity index (χ1) is 9.95. The summed E-state index contributed by atoms with van der Waals surface area (Å²) in [6.45, 7) is 3.96. The van der Waals surface area contributed by atoms with Gasteiger partial charge in [0.15, 0.2) is 0 Å². The molecule has 4 heteroatoms. The van der Waals surface area contributed by atoms with Gasteiger partial charge in [-0.15, -0.1) is 0 Å². The van der Waals surface area contributed by atoms with Crippen LogP contribution in [0.15, 0.2) is 42.5 Å². The van der Waals surface area contributed by atoms with Gasteiger partial charge in [0.05, 0.1) is 0 Å². The van der Waals surface area contributed by atoms with Gasteiger partial charge in [-0.2, -0.15) is 0 Å². The number of benzene rings is 2. The van der Waals surface area contributed by atoms with Crippen LogP contribution in [0.3, 0.4) is 0 Å². The molecule has 1 atom stereocenters. The number of anilines is 2. The lowest BCUT2D eigenvalue weighted by molar-refractivity contribution is -0.116. The van der Waals surface area contributed by atoms with Gasteiger partial charge >= 0.3 is 0 Å². The fourth-order valence-electron chi connectivity index (χ4n) is 2.15. The molecule has 0 saturated carbocycles. The number of carbonyl (C=O) groups excluding carboxylic acids is 1. The molecule has 0 spiro atoms. The number of nitrogens with two attached hydrogens (primary N) is 1.